The van der Waals surface area contributed by atoms with Crippen LogP contribution in [0.3, 0.4) is 0 Å². The second-order valence-electron chi connectivity index (χ2n) is 4.56. The van der Waals surface area contributed by atoms with Crippen molar-refractivity contribution in [3.05, 3.63) is 54.4 Å². The van der Waals surface area contributed by atoms with E-state index in [-0.39, 0.29) is 4.90 Å². The molecule has 4 N–H and O–H groups in total. The van der Waals surface area contributed by atoms with Gasteiger partial charge in [-0.05, 0) is 48.5 Å². The topological polar surface area (TPSA) is 97.1 Å². The van der Waals surface area contributed by atoms with E-state index >= 15 is 0 Å². The minimum Gasteiger partial charge on any atom is -0.362 e. The Hall–Kier alpha value is -2.03. The predicted molar refractivity (Wildman–Crippen MR) is 90.0 cm³/mol. The van der Waals surface area contributed by atoms with E-state index in [0.717, 1.165) is 11.3 Å². The lowest BCUT2D eigenvalue weighted by Gasteiger charge is -2.10. The van der Waals surface area contributed by atoms with Gasteiger partial charge in [0.1, 0.15) is 0 Å². The van der Waals surface area contributed by atoms with Crippen LogP contribution in [-0.4, -0.2) is 25.1 Å². The van der Waals surface area contributed by atoms with Crippen molar-refractivity contribution in [2.75, 3.05) is 11.9 Å². The number of benzene rings is 1. The van der Waals surface area contributed by atoms with E-state index < -0.39 is 10.0 Å². The summed E-state index contributed by atoms with van der Waals surface area (Å²) in [5, 5.41) is 11.7. The molecule has 0 aliphatic rings. The average Bonchev–Trinajstić information content (AvgIpc) is 2.48. The lowest BCUT2D eigenvalue weighted by atomic mass is 10.1. The van der Waals surface area contributed by atoms with E-state index in [1.54, 1.807) is 24.5 Å². The Bertz CT molecular complexity index is 731. The molecule has 0 spiro atoms. The Labute approximate surface area is 134 Å². The second kappa shape index (κ2) is 7.30. The summed E-state index contributed by atoms with van der Waals surface area (Å²) in [5.41, 5.74) is 1.81. The van der Waals surface area contributed by atoms with Gasteiger partial charge >= 0.3 is 0 Å². The van der Waals surface area contributed by atoms with E-state index in [1.165, 1.54) is 12.1 Å². The van der Waals surface area contributed by atoms with E-state index in [2.05, 4.69) is 15.6 Å². The molecule has 1 aromatic carbocycles. The summed E-state index contributed by atoms with van der Waals surface area (Å²) in [7, 11) is -3.64. The van der Waals surface area contributed by atoms with E-state index in [4.69, 9.17) is 17.4 Å². The lowest BCUT2D eigenvalue weighted by Crippen LogP contribution is -2.30. The summed E-state index contributed by atoms with van der Waals surface area (Å²) in [6.45, 7) is 0.626. The van der Waals surface area contributed by atoms with Crippen LogP contribution in [0.2, 0.25) is 0 Å². The zero-order chi connectivity index (χ0) is 16.0. The first-order valence-electron chi connectivity index (χ1n) is 6.52. The lowest BCUT2D eigenvalue weighted by molar-refractivity contribution is 0.598. The van der Waals surface area contributed by atoms with E-state index in [0.29, 0.717) is 18.1 Å². The maximum atomic E-state index is 11.2. The first kappa shape index (κ1) is 16.3. The van der Waals surface area contributed by atoms with Gasteiger partial charge in [-0.2, -0.15) is 0 Å². The Morgan fingerprint density at radius 1 is 1.23 bits per heavy atom. The van der Waals surface area contributed by atoms with Gasteiger partial charge in [-0.25, -0.2) is 13.6 Å². The third kappa shape index (κ3) is 5.06. The molecule has 0 saturated heterocycles. The van der Waals surface area contributed by atoms with Gasteiger partial charge in [0, 0.05) is 12.7 Å². The van der Waals surface area contributed by atoms with Gasteiger partial charge in [0.2, 0.25) is 10.0 Å². The molecule has 0 aliphatic heterocycles. The Balaban J connectivity index is 1.80. The van der Waals surface area contributed by atoms with Crippen LogP contribution < -0.4 is 15.8 Å². The van der Waals surface area contributed by atoms with Crippen molar-refractivity contribution in [2.45, 2.75) is 11.3 Å². The maximum Gasteiger partial charge on any atom is 0.238 e. The molecular weight excluding hydrogens is 320 g/mol. The molecule has 1 heterocycles. The molecule has 0 radical (unpaired) electrons. The molecule has 0 saturated carbocycles. The van der Waals surface area contributed by atoms with Gasteiger partial charge in [-0.1, -0.05) is 12.1 Å². The van der Waals surface area contributed by atoms with Crippen molar-refractivity contribution < 1.29 is 8.42 Å². The number of hydrogen-bond acceptors (Lipinski definition) is 4. The normalized spacial score (nSPS) is 11.0. The molecule has 0 fully saturated rings. The van der Waals surface area contributed by atoms with Crippen LogP contribution in [0.25, 0.3) is 0 Å². The predicted octanol–water partition coefficient (Wildman–Crippen LogP) is 1.26. The minimum absolute atomic E-state index is 0.109. The molecule has 0 bridgehead atoms. The first-order valence-corrected chi connectivity index (χ1v) is 8.47. The number of nitrogens with two attached hydrogens (primary N) is 1. The summed E-state index contributed by atoms with van der Waals surface area (Å²) in [5.74, 6) is 0. The number of pyridine rings is 1. The summed E-state index contributed by atoms with van der Waals surface area (Å²) in [6.07, 6.45) is 4.08. The maximum absolute atomic E-state index is 11.2. The number of primary sulfonamides is 1. The quantitative estimate of drug-likeness (QED) is 0.711. The van der Waals surface area contributed by atoms with Gasteiger partial charge in [0.05, 0.1) is 16.8 Å². The number of nitrogens with one attached hydrogen (secondary N) is 2. The molecule has 116 valence electrons. The van der Waals surface area contributed by atoms with Crippen LogP contribution in [0.1, 0.15) is 5.56 Å². The third-order valence-electron chi connectivity index (χ3n) is 2.87. The Morgan fingerprint density at radius 2 is 1.95 bits per heavy atom. The number of nitrogens with zero attached hydrogens (tertiary/aromatic N) is 1. The smallest absolute Gasteiger partial charge is 0.238 e. The fourth-order valence-electron chi connectivity index (χ4n) is 1.78. The van der Waals surface area contributed by atoms with Crippen LogP contribution in [0, 0.1) is 0 Å². The van der Waals surface area contributed by atoms with E-state index in [1.807, 2.05) is 12.1 Å². The second-order valence-corrected chi connectivity index (χ2v) is 6.53. The van der Waals surface area contributed by atoms with Crippen molar-refractivity contribution in [3.63, 3.8) is 0 Å². The minimum atomic E-state index is -3.64. The van der Waals surface area contributed by atoms with Gasteiger partial charge in [0.25, 0.3) is 0 Å². The molecule has 2 rings (SSSR count). The molecule has 0 amide bonds. The van der Waals surface area contributed by atoms with Gasteiger partial charge < -0.3 is 10.6 Å². The van der Waals surface area contributed by atoms with Crippen molar-refractivity contribution in [2.24, 2.45) is 5.14 Å². The van der Waals surface area contributed by atoms with Crippen molar-refractivity contribution >= 4 is 33.0 Å². The van der Waals surface area contributed by atoms with Crippen molar-refractivity contribution in [1.29, 1.82) is 0 Å². The molecule has 8 heteroatoms. The zero-order valence-electron chi connectivity index (χ0n) is 11.7. The first-order chi connectivity index (χ1) is 10.4. The number of sulfonamides is 1. The summed E-state index contributed by atoms with van der Waals surface area (Å²) >= 11 is 5.18. The van der Waals surface area contributed by atoms with Gasteiger partial charge in [-0.3, -0.25) is 4.98 Å². The molecule has 1 aromatic heterocycles. The van der Waals surface area contributed by atoms with Crippen LogP contribution in [-0.2, 0) is 16.4 Å². The molecule has 0 aliphatic carbocycles. The van der Waals surface area contributed by atoms with Crippen molar-refractivity contribution in [1.82, 2.24) is 10.3 Å². The van der Waals surface area contributed by atoms with Crippen LogP contribution in [0.4, 0.5) is 5.69 Å². The highest BCUT2D eigenvalue weighted by atomic mass is 32.2. The van der Waals surface area contributed by atoms with Crippen LogP contribution >= 0.6 is 12.2 Å². The fourth-order valence-corrected chi connectivity index (χ4v) is 2.51. The molecule has 6 nitrogen and oxygen atoms in total. The summed E-state index contributed by atoms with van der Waals surface area (Å²) in [6, 6.07) is 10.1. The molecular formula is C14H16N4O2S2. The highest BCUT2D eigenvalue weighted by molar-refractivity contribution is 7.89. The molecule has 0 atom stereocenters. The number of aromatic nitrogens is 1. The van der Waals surface area contributed by atoms with Crippen LogP contribution in [0.5, 0.6) is 0 Å². The highest BCUT2D eigenvalue weighted by Gasteiger charge is 2.06. The van der Waals surface area contributed by atoms with Crippen molar-refractivity contribution in [3.8, 4) is 0 Å². The largest absolute Gasteiger partial charge is 0.362 e. The molecule has 0 unspecified atom stereocenters. The number of anilines is 1. The Kier molecular flexibility index (Phi) is 5.42. The average molecular weight is 336 g/mol. The number of thiocarbonyl (C=S) groups is 1. The third-order valence-corrected chi connectivity index (χ3v) is 4.05. The van der Waals surface area contributed by atoms with E-state index in [9.17, 15) is 8.42 Å². The van der Waals surface area contributed by atoms with Gasteiger partial charge in [-0.15, -0.1) is 0 Å². The Morgan fingerprint density at radius 3 is 2.55 bits per heavy atom. The number of rotatable bonds is 5. The molecule has 2 aromatic rings. The standard InChI is InChI=1S/C14H16N4O2S2/c15-22(19,20)13-5-3-11(4-6-13)7-9-17-14(21)18-12-2-1-8-16-10-12/h1-6,8,10H,7,9H2,(H2,15,19,20)(H2,17,18,21). The summed E-state index contributed by atoms with van der Waals surface area (Å²) in [4.78, 5) is 4.09. The SMILES string of the molecule is NS(=O)(=O)c1ccc(CCNC(=S)Nc2cccnc2)cc1. The van der Waals surface area contributed by atoms with Gasteiger partial charge in [0.15, 0.2) is 5.11 Å². The fraction of sp³-hybridized carbons (Fsp3) is 0.143. The van der Waals surface area contributed by atoms with Crippen LogP contribution in [0.15, 0.2) is 53.7 Å². The summed E-state index contributed by atoms with van der Waals surface area (Å²) < 4.78 is 22.3. The zero-order valence-corrected chi connectivity index (χ0v) is 13.3. The monoisotopic (exact) mass is 336 g/mol. The number of hydrogen-bond donors (Lipinski definition) is 3. The molecule has 22 heavy (non-hydrogen) atoms. The highest BCUT2D eigenvalue weighted by Crippen LogP contribution is 2.09.